The third-order valence-corrected chi connectivity index (χ3v) is 1.75. The summed E-state index contributed by atoms with van der Waals surface area (Å²) in [6.07, 6.45) is 3.26. The minimum absolute atomic E-state index is 0.0618. The van der Waals surface area contributed by atoms with E-state index >= 15 is 0 Å². The van der Waals surface area contributed by atoms with Crippen molar-refractivity contribution in [1.82, 2.24) is 0 Å². The van der Waals surface area contributed by atoms with Gasteiger partial charge in [0.25, 0.3) is 0 Å². The van der Waals surface area contributed by atoms with E-state index in [-0.39, 0.29) is 23.7 Å². The molecule has 1 aromatic rings. The van der Waals surface area contributed by atoms with Crippen LogP contribution < -0.4 is 9.47 Å². The molecule has 0 spiro atoms. The van der Waals surface area contributed by atoms with Crippen LogP contribution in [0.25, 0.3) is 0 Å². The number of hydrogen-bond acceptors (Lipinski definition) is 4. The Kier molecular flexibility index (Phi) is 1.73. The summed E-state index contributed by atoms with van der Waals surface area (Å²) in [6.45, 7) is 0.0618. The van der Waals surface area contributed by atoms with Crippen molar-refractivity contribution in [1.29, 1.82) is 0 Å². The van der Waals surface area contributed by atoms with Crippen molar-refractivity contribution in [2.45, 2.75) is 0 Å². The van der Waals surface area contributed by atoms with E-state index in [0.29, 0.717) is 5.75 Å². The van der Waals surface area contributed by atoms with Crippen LogP contribution >= 0.6 is 0 Å². The highest BCUT2D eigenvalue weighted by Crippen LogP contribution is 2.35. The van der Waals surface area contributed by atoms with E-state index in [1.807, 2.05) is 0 Å². The first kappa shape index (κ1) is 7.79. The predicted octanol–water partition coefficient (Wildman–Crippen LogP) is 0.331. The Morgan fingerprint density at radius 2 is 2.00 bits per heavy atom. The number of benzene rings is 1. The standard InChI is InChI=1S/C9H4O4/c10-3-6-1-2-8-9(7(6)4-11)13-5-12-8/h1-2H,5H2. The minimum Gasteiger partial charge on any atom is -0.454 e. The van der Waals surface area contributed by atoms with Gasteiger partial charge in [-0.25, -0.2) is 0 Å². The maximum Gasteiger partial charge on any atom is 0.238 e. The van der Waals surface area contributed by atoms with Gasteiger partial charge in [0.2, 0.25) is 19.4 Å². The molecule has 13 heavy (non-hydrogen) atoms. The predicted molar refractivity (Wildman–Crippen MR) is 42.2 cm³/mol. The van der Waals surface area contributed by atoms with Crippen LogP contribution in [-0.2, 0) is 9.59 Å². The fraction of sp³-hybridized carbons (Fsp3) is 0.111. The topological polar surface area (TPSA) is 52.6 Å². The number of rotatable bonds is 2. The molecule has 0 amide bonds. The third kappa shape index (κ3) is 1.07. The first-order valence-electron chi connectivity index (χ1n) is 3.55. The second-order valence-electron chi connectivity index (χ2n) is 2.43. The van der Waals surface area contributed by atoms with Gasteiger partial charge in [0.1, 0.15) is 0 Å². The summed E-state index contributed by atoms with van der Waals surface area (Å²) < 4.78 is 10.0. The van der Waals surface area contributed by atoms with Crippen LogP contribution in [0, 0.1) is 0 Å². The summed E-state index contributed by atoms with van der Waals surface area (Å²) in [5.41, 5.74) is 0.212. The molecule has 2 radical (unpaired) electrons. The van der Waals surface area contributed by atoms with Crippen molar-refractivity contribution in [2.24, 2.45) is 0 Å². The van der Waals surface area contributed by atoms with Crippen molar-refractivity contribution in [3.05, 3.63) is 23.3 Å². The van der Waals surface area contributed by atoms with Crippen molar-refractivity contribution < 1.29 is 19.1 Å². The van der Waals surface area contributed by atoms with Crippen LogP contribution in [0.1, 0.15) is 11.1 Å². The van der Waals surface area contributed by atoms with Crippen molar-refractivity contribution in [3.63, 3.8) is 0 Å². The lowest BCUT2D eigenvalue weighted by Gasteiger charge is -1.99. The van der Waals surface area contributed by atoms with Gasteiger partial charge in [-0.2, -0.15) is 0 Å². The highest BCUT2D eigenvalue weighted by Gasteiger charge is 2.20. The van der Waals surface area contributed by atoms with Gasteiger partial charge in [-0.05, 0) is 12.1 Å². The number of ether oxygens (including phenoxy) is 2. The zero-order chi connectivity index (χ0) is 9.26. The van der Waals surface area contributed by atoms with Gasteiger partial charge < -0.3 is 9.47 Å². The van der Waals surface area contributed by atoms with Crippen molar-refractivity contribution >= 4 is 12.6 Å². The van der Waals surface area contributed by atoms with Crippen LogP contribution in [-0.4, -0.2) is 19.4 Å². The molecule has 4 nitrogen and oxygen atoms in total. The van der Waals surface area contributed by atoms with Gasteiger partial charge in [0.05, 0.1) is 5.56 Å². The van der Waals surface area contributed by atoms with E-state index in [2.05, 4.69) is 0 Å². The van der Waals surface area contributed by atoms with Gasteiger partial charge in [-0.15, -0.1) is 0 Å². The van der Waals surface area contributed by atoms with E-state index in [0.717, 1.165) is 0 Å². The summed E-state index contributed by atoms with van der Waals surface area (Å²) in [6, 6.07) is 3.00. The average molecular weight is 176 g/mol. The summed E-state index contributed by atoms with van der Waals surface area (Å²) in [5, 5.41) is 0. The first-order chi connectivity index (χ1) is 6.36. The Hall–Kier alpha value is -1.84. The Morgan fingerprint density at radius 3 is 2.69 bits per heavy atom. The molecule has 0 fully saturated rings. The zero-order valence-corrected chi connectivity index (χ0v) is 6.49. The summed E-state index contributed by atoms with van der Waals surface area (Å²) in [7, 11) is 0. The van der Waals surface area contributed by atoms with Crippen molar-refractivity contribution in [2.75, 3.05) is 6.79 Å². The van der Waals surface area contributed by atoms with Gasteiger partial charge in [-0.3, -0.25) is 9.59 Å². The second kappa shape index (κ2) is 2.90. The normalized spacial score (nSPS) is 12.6. The molecule has 0 bridgehead atoms. The quantitative estimate of drug-likeness (QED) is 0.651. The van der Waals surface area contributed by atoms with E-state index in [4.69, 9.17) is 9.47 Å². The second-order valence-corrected chi connectivity index (χ2v) is 2.43. The van der Waals surface area contributed by atoms with Gasteiger partial charge >= 0.3 is 0 Å². The van der Waals surface area contributed by atoms with E-state index in [1.165, 1.54) is 6.07 Å². The molecular formula is C9H4O4. The summed E-state index contributed by atoms with van der Waals surface area (Å²) >= 11 is 0. The highest BCUT2D eigenvalue weighted by atomic mass is 16.7. The third-order valence-electron chi connectivity index (χ3n) is 1.75. The molecule has 1 aromatic carbocycles. The molecule has 4 heteroatoms. The van der Waals surface area contributed by atoms with E-state index < -0.39 is 0 Å². The SMILES string of the molecule is O=[C]c1ccc2c(c1[C]=O)OCO2. The maximum atomic E-state index is 10.5. The molecule has 0 unspecified atom stereocenters. The summed E-state index contributed by atoms with van der Waals surface area (Å²) in [4.78, 5) is 20.9. The monoisotopic (exact) mass is 176 g/mol. The van der Waals surface area contributed by atoms with Crippen molar-refractivity contribution in [3.8, 4) is 11.5 Å². The van der Waals surface area contributed by atoms with Crippen LogP contribution in [0.3, 0.4) is 0 Å². The first-order valence-corrected chi connectivity index (χ1v) is 3.55. The number of hydrogen-bond donors (Lipinski definition) is 0. The molecule has 0 aliphatic carbocycles. The van der Waals surface area contributed by atoms with Gasteiger partial charge in [0, 0.05) is 5.56 Å². The highest BCUT2D eigenvalue weighted by molar-refractivity contribution is 5.94. The Bertz CT molecular complexity index is 370. The molecule has 64 valence electrons. The van der Waals surface area contributed by atoms with E-state index in [1.54, 1.807) is 18.6 Å². The lowest BCUT2D eigenvalue weighted by Crippen LogP contribution is -1.96. The minimum atomic E-state index is 0.0618. The Labute approximate surface area is 74.1 Å². The summed E-state index contributed by atoms with van der Waals surface area (Å²) in [5.74, 6) is 0.730. The van der Waals surface area contributed by atoms with Gasteiger partial charge in [0.15, 0.2) is 11.5 Å². The van der Waals surface area contributed by atoms with Crippen LogP contribution in [0.5, 0.6) is 11.5 Å². The zero-order valence-electron chi connectivity index (χ0n) is 6.49. The van der Waals surface area contributed by atoms with Gasteiger partial charge in [-0.1, -0.05) is 0 Å². The molecule has 0 N–H and O–H groups in total. The van der Waals surface area contributed by atoms with E-state index in [9.17, 15) is 9.59 Å². The molecule has 0 aromatic heterocycles. The van der Waals surface area contributed by atoms with Crippen LogP contribution in [0.4, 0.5) is 0 Å². The molecule has 1 heterocycles. The molecule has 0 saturated carbocycles. The largest absolute Gasteiger partial charge is 0.454 e. The Balaban J connectivity index is 2.65. The van der Waals surface area contributed by atoms with Crippen LogP contribution in [0.15, 0.2) is 12.1 Å². The lowest BCUT2D eigenvalue weighted by molar-refractivity contribution is 0.173. The smallest absolute Gasteiger partial charge is 0.238 e. The molecule has 1 aliphatic rings. The molecule has 0 saturated heterocycles. The lowest BCUT2D eigenvalue weighted by atomic mass is 10.1. The van der Waals surface area contributed by atoms with Crippen LogP contribution in [0.2, 0.25) is 0 Å². The molecule has 2 rings (SSSR count). The molecule has 0 atom stereocenters. The Morgan fingerprint density at radius 1 is 1.15 bits per heavy atom. The number of fused-ring (bicyclic) bond motifs is 1. The average Bonchev–Trinajstić information content (AvgIpc) is 2.63. The molecule has 1 aliphatic heterocycles. The fourth-order valence-electron chi connectivity index (χ4n) is 1.16. The number of carbonyl (C=O) groups excluding carboxylic acids is 2. The molecular weight excluding hydrogens is 172 g/mol. The fourth-order valence-corrected chi connectivity index (χ4v) is 1.16. The maximum absolute atomic E-state index is 10.5.